The van der Waals surface area contributed by atoms with Crippen LogP contribution in [-0.2, 0) is 0 Å². The second-order valence-electron chi connectivity index (χ2n) is 7.98. The Bertz CT molecular complexity index is 1030. The number of H-pyrrole nitrogens is 1. The molecule has 2 heterocycles. The molecule has 1 aliphatic heterocycles. The Hall–Kier alpha value is -3.02. The SMILES string of the molecule is Cc1cc2c(cc1C(=O)NC1CCC[C@H](c3nc4ccccc4[nH]3)C1)OCCO2. The van der Waals surface area contributed by atoms with Crippen molar-refractivity contribution in [3.63, 3.8) is 0 Å². The average molecular weight is 391 g/mol. The number of fused-ring (bicyclic) bond motifs is 2. The number of aromatic amines is 1. The molecule has 0 bridgehead atoms. The molecule has 0 radical (unpaired) electrons. The maximum absolute atomic E-state index is 13.0. The summed E-state index contributed by atoms with van der Waals surface area (Å²) in [4.78, 5) is 21.2. The molecule has 1 unspecified atom stereocenters. The van der Waals surface area contributed by atoms with Crippen LogP contribution in [0.4, 0.5) is 0 Å². The molecule has 1 saturated carbocycles. The van der Waals surface area contributed by atoms with Crippen LogP contribution < -0.4 is 14.8 Å². The van der Waals surface area contributed by atoms with Crippen molar-refractivity contribution >= 4 is 16.9 Å². The van der Waals surface area contributed by atoms with E-state index in [1.807, 2.05) is 31.2 Å². The van der Waals surface area contributed by atoms with Gasteiger partial charge in [0.2, 0.25) is 0 Å². The number of amides is 1. The van der Waals surface area contributed by atoms with E-state index in [1.165, 1.54) is 0 Å². The first-order valence-electron chi connectivity index (χ1n) is 10.3. The van der Waals surface area contributed by atoms with E-state index in [-0.39, 0.29) is 11.9 Å². The van der Waals surface area contributed by atoms with Gasteiger partial charge in [-0.05, 0) is 56.0 Å². The number of rotatable bonds is 3. The minimum atomic E-state index is -0.0465. The van der Waals surface area contributed by atoms with Gasteiger partial charge in [0.1, 0.15) is 19.0 Å². The second kappa shape index (κ2) is 7.43. The van der Waals surface area contributed by atoms with Gasteiger partial charge in [-0.2, -0.15) is 0 Å². The normalized spacial score (nSPS) is 21.1. The van der Waals surface area contributed by atoms with Gasteiger partial charge in [0.15, 0.2) is 11.5 Å². The molecular formula is C23H25N3O3. The lowest BCUT2D eigenvalue weighted by Crippen LogP contribution is -2.38. The highest BCUT2D eigenvalue weighted by Crippen LogP contribution is 2.35. The highest BCUT2D eigenvalue weighted by atomic mass is 16.6. The van der Waals surface area contributed by atoms with Crippen molar-refractivity contribution in [3.8, 4) is 11.5 Å². The van der Waals surface area contributed by atoms with Gasteiger partial charge < -0.3 is 19.8 Å². The first-order chi connectivity index (χ1) is 14.2. The standard InChI is InChI=1S/C23H25N3O3/c1-14-11-20-21(29-10-9-28-20)13-17(14)23(27)24-16-6-4-5-15(12-16)22-25-18-7-2-3-8-19(18)26-22/h2-3,7-8,11,13,15-16H,4-6,9-10,12H2,1H3,(H,24,27)(H,25,26)/t15-,16?/m0/s1. The summed E-state index contributed by atoms with van der Waals surface area (Å²) in [5.41, 5.74) is 3.62. The first-order valence-corrected chi connectivity index (χ1v) is 10.3. The zero-order chi connectivity index (χ0) is 19.8. The lowest BCUT2D eigenvalue weighted by molar-refractivity contribution is 0.0922. The van der Waals surface area contributed by atoms with Gasteiger partial charge in [-0.15, -0.1) is 0 Å². The molecule has 150 valence electrons. The molecule has 6 heteroatoms. The number of aryl methyl sites for hydroxylation is 1. The summed E-state index contributed by atoms with van der Waals surface area (Å²) in [6, 6.07) is 11.9. The lowest BCUT2D eigenvalue weighted by Gasteiger charge is -2.29. The highest BCUT2D eigenvalue weighted by Gasteiger charge is 2.27. The molecular weight excluding hydrogens is 366 g/mol. The number of imidazole rings is 1. The lowest BCUT2D eigenvalue weighted by atomic mass is 9.85. The first kappa shape index (κ1) is 18.0. The van der Waals surface area contributed by atoms with Gasteiger partial charge >= 0.3 is 0 Å². The molecule has 2 N–H and O–H groups in total. The van der Waals surface area contributed by atoms with Crippen molar-refractivity contribution in [1.82, 2.24) is 15.3 Å². The number of nitrogens with one attached hydrogen (secondary N) is 2. The van der Waals surface area contributed by atoms with Crippen LogP contribution in [0.3, 0.4) is 0 Å². The molecule has 1 amide bonds. The van der Waals surface area contributed by atoms with E-state index in [1.54, 1.807) is 6.07 Å². The number of hydrogen-bond donors (Lipinski definition) is 2. The predicted molar refractivity (Wildman–Crippen MR) is 111 cm³/mol. The van der Waals surface area contributed by atoms with Gasteiger partial charge in [-0.25, -0.2) is 4.98 Å². The number of hydrogen-bond acceptors (Lipinski definition) is 4. The smallest absolute Gasteiger partial charge is 0.251 e. The molecule has 6 nitrogen and oxygen atoms in total. The Kier molecular flexibility index (Phi) is 4.62. The van der Waals surface area contributed by atoms with Crippen molar-refractivity contribution in [3.05, 3.63) is 53.3 Å². The van der Waals surface area contributed by atoms with Gasteiger partial charge in [-0.3, -0.25) is 4.79 Å². The van der Waals surface area contributed by atoms with E-state index in [0.29, 0.717) is 36.2 Å². The quantitative estimate of drug-likeness (QED) is 0.705. The average Bonchev–Trinajstić information content (AvgIpc) is 3.18. The van der Waals surface area contributed by atoms with E-state index < -0.39 is 0 Å². The number of benzene rings is 2. The Morgan fingerprint density at radius 1 is 1.14 bits per heavy atom. The third-order valence-electron chi connectivity index (χ3n) is 5.94. The number of ether oxygens (including phenoxy) is 2. The zero-order valence-corrected chi connectivity index (χ0v) is 16.5. The van der Waals surface area contributed by atoms with Gasteiger partial charge in [0.05, 0.1) is 11.0 Å². The predicted octanol–water partition coefficient (Wildman–Crippen LogP) is 4.10. The number of para-hydroxylation sites is 2. The topological polar surface area (TPSA) is 76.2 Å². The minimum Gasteiger partial charge on any atom is -0.486 e. The molecule has 1 fully saturated rings. The van der Waals surface area contributed by atoms with Crippen LogP contribution in [0.5, 0.6) is 11.5 Å². The Morgan fingerprint density at radius 3 is 2.76 bits per heavy atom. The molecule has 1 aliphatic carbocycles. The number of nitrogens with zero attached hydrogens (tertiary/aromatic N) is 1. The van der Waals surface area contributed by atoms with E-state index in [0.717, 1.165) is 48.1 Å². The summed E-state index contributed by atoms with van der Waals surface area (Å²) in [6.07, 6.45) is 4.06. The second-order valence-corrected chi connectivity index (χ2v) is 7.98. The van der Waals surface area contributed by atoms with E-state index in [2.05, 4.69) is 16.4 Å². The van der Waals surface area contributed by atoms with Crippen LogP contribution in [-0.4, -0.2) is 35.1 Å². The fraction of sp³-hybridized carbons (Fsp3) is 0.391. The van der Waals surface area contributed by atoms with Crippen LogP contribution in [0.2, 0.25) is 0 Å². The van der Waals surface area contributed by atoms with Crippen LogP contribution in [0.15, 0.2) is 36.4 Å². The molecule has 1 aromatic heterocycles. The molecule has 2 atom stereocenters. The summed E-state index contributed by atoms with van der Waals surface area (Å²) in [5.74, 6) is 2.68. The van der Waals surface area contributed by atoms with Gasteiger partial charge in [0, 0.05) is 17.5 Å². The Labute approximate surface area is 169 Å². The summed E-state index contributed by atoms with van der Waals surface area (Å²) in [6.45, 7) is 2.99. The van der Waals surface area contributed by atoms with Crippen LogP contribution in [0, 0.1) is 6.92 Å². The van der Waals surface area contributed by atoms with Crippen molar-refractivity contribution in [2.24, 2.45) is 0 Å². The molecule has 2 aliphatic rings. The van der Waals surface area contributed by atoms with Crippen LogP contribution in [0.1, 0.15) is 53.3 Å². The molecule has 5 rings (SSSR count). The van der Waals surface area contributed by atoms with Crippen LogP contribution in [0.25, 0.3) is 11.0 Å². The van der Waals surface area contributed by atoms with Gasteiger partial charge in [-0.1, -0.05) is 18.6 Å². The largest absolute Gasteiger partial charge is 0.486 e. The molecule has 29 heavy (non-hydrogen) atoms. The summed E-state index contributed by atoms with van der Waals surface area (Å²) in [7, 11) is 0. The zero-order valence-electron chi connectivity index (χ0n) is 16.5. The third kappa shape index (κ3) is 3.55. The van der Waals surface area contributed by atoms with Crippen molar-refractivity contribution in [1.29, 1.82) is 0 Å². The van der Waals surface area contributed by atoms with Crippen molar-refractivity contribution in [2.75, 3.05) is 13.2 Å². The summed E-state index contributed by atoms with van der Waals surface area (Å²) < 4.78 is 11.3. The van der Waals surface area contributed by atoms with Crippen molar-refractivity contribution in [2.45, 2.75) is 44.6 Å². The monoisotopic (exact) mass is 391 g/mol. The molecule has 0 spiro atoms. The van der Waals surface area contributed by atoms with E-state index >= 15 is 0 Å². The third-order valence-corrected chi connectivity index (χ3v) is 5.94. The van der Waals surface area contributed by atoms with Gasteiger partial charge in [0.25, 0.3) is 5.91 Å². The fourth-order valence-electron chi connectivity index (χ4n) is 4.43. The summed E-state index contributed by atoms with van der Waals surface area (Å²) >= 11 is 0. The summed E-state index contributed by atoms with van der Waals surface area (Å²) in [5, 5.41) is 3.24. The maximum atomic E-state index is 13.0. The molecule has 3 aromatic rings. The van der Waals surface area contributed by atoms with E-state index in [4.69, 9.17) is 14.5 Å². The fourth-order valence-corrected chi connectivity index (χ4v) is 4.43. The molecule has 2 aromatic carbocycles. The Balaban J connectivity index is 1.31. The maximum Gasteiger partial charge on any atom is 0.251 e. The number of carbonyl (C=O) groups is 1. The molecule has 0 saturated heterocycles. The van der Waals surface area contributed by atoms with E-state index in [9.17, 15) is 4.79 Å². The van der Waals surface area contributed by atoms with Crippen molar-refractivity contribution < 1.29 is 14.3 Å². The highest BCUT2D eigenvalue weighted by molar-refractivity contribution is 5.96. The number of carbonyl (C=O) groups excluding carboxylic acids is 1. The number of aromatic nitrogens is 2. The van der Waals surface area contributed by atoms with Crippen LogP contribution >= 0.6 is 0 Å². The Morgan fingerprint density at radius 2 is 1.93 bits per heavy atom. The minimum absolute atomic E-state index is 0.0465.